The van der Waals surface area contributed by atoms with Crippen molar-refractivity contribution in [1.82, 2.24) is 10.1 Å². The third-order valence-corrected chi connectivity index (χ3v) is 2.54. The number of nitrogens with two attached hydrogens (primary N) is 1. The van der Waals surface area contributed by atoms with Crippen LogP contribution in [0.25, 0.3) is 11.4 Å². The summed E-state index contributed by atoms with van der Waals surface area (Å²) in [6.07, 6.45) is 0. The maximum atomic E-state index is 13.6. The van der Waals surface area contributed by atoms with Gasteiger partial charge in [0.05, 0.1) is 12.1 Å². The van der Waals surface area contributed by atoms with Crippen molar-refractivity contribution in [3.8, 4) is 11.4 Å². The van der Waals surface area contributed by atoms with E-state index in [1.807, 2.05) is 0 Å². The van der Waals surface area contributed by atoms with E-state index in [-0.39, 0.29) is 23.8 Å². The van der Waals surface area contributed by atoms with Gasteiger partial charge in [0.25, 0.3) is 0 Å². The van der Waals surface area contributed by atoms with Crippen LogP contribution in [0.1, 0.15) is 11.5 Å². The molecule has 2 N–H and O–H groups in total. The Hall–Kier alpha value is -1.46. The number of hydrogen-bond donors (Lipinski definition) is 1. The largest absolute Gasteiger partial charge is 0.338 e. The predicted octanol–water partition coefficient (Wildman–Crippen LogP) is 2.30. The maximum Gasteiger partial charge on any atom is 0.240 e. The van der Waals surface area contributed by atoms with Crippen molar-refractivity contribution in [2.45, 2.75) is 13.5 Å². The average Bonchev–Trinajstić information content (AvgIpc) is 2.71. The van der Waals surface area contributed by atoms with Gasteiger partial charge in [0.15, 0.2) is 0 Å². The molecule has 0 amide bonds. The van der Waals surface area contributed by atoms with Crippen molar-refractivity contribution < 1.29 is 8.91 Å². The fraction of sp³-hybridized carbons (Fsp3) is 0.200. The summed E-state index contributed by atoms with van der Waals surface area (Å²) < 4.78 is 18.4. The second-order valence-corrected chi connectivity index (χ2v) is 3.70. The molecule has 0 saturated carbocycles. The van der Waals surface area contributed by atoms with Crippen molar-refractivity contribution in [1.29, 1.82) is 0 Å². The second kappa shape index (κ2) is 4.19. The Morgan fingerprint density at radius 1 is 1.50 bits per heavy atom. The monoisotopic (exact) mass is 241 g/mol. The molecule has 6 heteroatoms. The summed E-state index contributed by atoms with van der Waals surface area (Å²) in [5, 5.41) is 4.08. The van der Waals surface area contributed by atoms with Crippen molar-refractivity contribution >= 4 is 11.6 Å². The van der Waals surface area contributed by atoms with E-state index in [1.165, 1.54) is 12.1 Å². The molecule has 1 aromatic carbocycles. The Morgan fingerprint density at radius 3 is 2.88 bits per heavy atom. The molecule has 0 atom stereocenters. The highest BCUT2D eigenvalue weighted by molar-refractivity contribution is 6.31. The van der Waals surface area contributed by atoms with Gasteiger partial charge in [-0.25, -0.2) is 4.39 Å². The van der Waals surface area contributed by atoms with Crippen LogP contribution in [0.5, 0.6) is 0 Å². The SMILES string of the molecule is Cc1cc(F)c(-c2noc(CN)n2)cc1Cl. The van der Waals surface area contributed by atoms with Gasteiger partial charge in [-0.1, -0.05) is 16.8 Å². The summed E-state index contributed by atoms with van der Waals surface area (Å²) in [4.78, 5) is 3.93. The number of nitrogens with zero attached hydrogens (tertiary/aromatic N) is 2. The van der Waals surface area contributed by atoms with E-state index in [0.717, 1.165) is 0 Å². The van der Waals surface area contributed by atoms with Gasteiger partial charge in [-0.3, -0.25) is 0 Å². The van der Waals surface area contributed by atoms with Gasteiger partial charge in [-0.15, -0.1) is 0 Å². The summed E-state index contributed by atoms with van der Waals surface area (Å²) in [5.74, 6) is -0.0304. The normalized spacial score (nSPS) is 10.8. The molecule has 0 radical (unpaired) electrons. The number of halogens is 2. The number of hydrogen-bond acceptors (Lipinski definition) is 4. The quantitative estimate of drug-likeness (QED) is 0.876. The first kappa shape index (κ1) is 11.0. The lowest BCUT2D eigenvalue weighted by atomic mass is 10.1. The zero-order valence-electron chi connectivity index (χ0n) is 8.50. The van der Waals surface area contributed by atoms with Gasteiger partial charge < -0.3 is 10.3 Å². The summed E-state index contributed by atoms with van der Waals surface area (Å²) in [7, 11) is 0. The highest BCUT2D eigenvalue weighted by Gasteiger charge is 2.14. The molecular formula is C10H9ClFN3O. The molecule has 4 nitrogen and oxygen atoms in total. The molecule has 0 bridgehead atoms. The molecule has 1 aromatic heterocycles. The minimum absolute atomic E-state index is 0.119. The zero-order valence-corrected chi connectivity index (χ0v) is 9.25. The first-order valence-electron chi connectivity index (χ1n) is 4.60. The molecule has 0 saturated heterocycles. The molecule has 2 aromatic rings. The summed E-state index contributed by atoms with van der Waals surface area (Å²) in [5.41, 5.74) is 6.18. The average molecular weight is 242 g/mol. The van der Waals surface area contributed by atoms with Gasteiger partial charge in [-0.2, -0.15) is 4.98 Å². The van der Waals surface area contributed by atoms with E-state index in [1.54, 1.807) is 6.92 Å². The Morgan fingerprint density at radius 2 is 2.25 bits per heavy atom. The lowest BCUT2D eigenvalue weighted by molar-refractivity contribution is 0.380. The van der Waals surface area contributed by atoms with Crippen molar-refractivity contribution in [3.63, 3.8) is 0 Å². The number of benzene rings is 1. The fourth-order valence-corrected chi connectivity index (χ4v) is 1.43. The number of aryl methyl sites for hydroxylation is 1. The molecule has 16 heavy (non-hydrogen) atoms. The molecule has 2 rings (SSSR count). The van der Waals surface area contributed by atoms with E-state index in [2.05, 4.69) is 10.1 Å². The minimum atomic E-state index is -0.439. The first-order valence-corrected chi connectivity index (χ1v) is 4.98. The van der Waals surface area contributed by atoms with Gasteiger partial charge in [0.2, 0.25) is 11.7 Å². The molecule has 0 aliphatic rings. The Bertz CT molecular complexity index is 527. The van der Waals surface area contributed by atoms with Gasteiger partial charge in [-0.05, 0) is 24.6 Å². The molecule has 1 heterocycles. The van der Waals surface area contributed by atoms with Crippen molar-refractivity contribution in [2.75, 3.05) is 0 Å². The summed E-state index contributed by atoms with van der Waals surface area (Å²) in [6, 6.07) is 2.80. The minimum Gasteiger partial charge on any atom is -0.338 e. The topological polar surface area (TPSA) is 64.9 Å². The van der Waals surface area contributed by atoms with Crippen LogP contribution < -0.4 is 5.73 Å². The lowest BCUT2D eigenvalue weighted by Crippen LogP contribution is -1.96. The Kier molecular flexibility index (Phi) is 2.89. The van der Waals surface area contributed by atoms with Crippen LogP contribution in [0.2, 0.25) is 5.02 Å². The molecule has 84 valence electrons. The number of rotatable bonds is 2. The zero-order chi connectivity index (χ0) is 11.7. The van der Waals surface area contributed by atoms with Gasteiger partial charge >= 0.3 is 0 Å². The predicted molar refractivity (Wildman–Crippen MR) is 57.3 cm³/mol. The van der Waals surface area contributed by atoms with E-state index >= 15 is 0 Å². The highest BCUT2D eigenvalue weighted by Crippen LogP contribution is 2.26. The molecule has 0 aliphatic carbocycles. The third-order valence-electron chi connectivity index (χ3n) is 2.13. The molecule has 0 unspecified atom stereocenters. The molecule has 0 aliphatic heterocycles. The first-order chi connectivity index (χ1) is 7.61. The lowest BCUT2D eigenvalue weighted by Gasteiger charge is -2.01. The molecule has 0 fully saturated rings. The van der Waals surface area contributed by atoms with Crippen LogP contribution >= 0.6 is 11.6 Å². The standard InChI is InChI=1S/C10H9ClFN3O/c1-5-2-8(12)6(3-7(5)11)10-14-9(4-13)16-15-10/h2-3H,4,13H2,1H3. The van der Waals surface area contributed by atoms with Crippen LogP contribution in [0.15, 0.2) is 16.7 Å². The van der Waals surface area contributed by atoms with E-state index in [0.29, 0.717) is 10.6 Å². The molecular weight excluding hydrogens is 233 g/mol. The Balaban J connectivity index is 2.51. The van der Waals surface area contributed by atoms with E-state index in [9.17, 15) is 4.39 Å². The Labute approximate surface area is 96.2 Å². The van der Waals surface area contributed by atoms with Crippen LogP contribution in [0, 0.1) is 12.7 Å². The summed E-state index contributed by atoms with van der Waals surface area (Å²) in [6.45, 7) is 1.84. The third kappa shape index (κ3) is 1.91. The van der Waals surface area contributed by atoms with E-state index < -0.39 is 5.82 Å². The maximum absolute atomic E-state index is 13.6. The van der Waals surface area contributed by atoms with Crippen LogP contribution in [-0.2, 0) is 6.54 Å². The van der Waals surface area contributed by atoms with Crippen LogP contribution in [0.3, 0.4) is 0 Å². The fourth-order valence-electron chi connectivity index (χ4n) is 1.26. The summed E-state index contributed by atoms with van der Waals surface area (Å²) >= 11 is 5.90. The van der Waals surface area contributed by atoms with Crippen LogP contribution in [0.4, 0.5) is 4.39 Å². The molecule has 0 spiro atoms. The number of aromatic nitrogens is 2. The second-order valence-electron chi connectivity index (χ2n) is 3.30. The van der Waals surface area contributed by atoms with Crippen LogP contribution in [-0.4, -0.2) is 10.1 Å². The van der Waals surface area contributed by atoms with Gasteiger partial charge in [0.1, 0.15) is 5.82 Å². The highest BCUT2D eigenvalue weighted by atomic mass is 35.5. The van der Waals surface area contributed by atoms with Crippen molar-refractivity contribution in [3.05, 3.63) is 34.4 Å². The van der Waals surface area contributed by atoms with Gasteiger partial charge in [0, 0.05) is 5.02 Å². The van der Waals surface area contributed by atoms with Crippen molar-refractivity contribution in [2.24, 2.45) is 5.73 Å². The smallest absolute Gasteiger partial charge is 0.240 e. The van der Waals surface area contributed by atoms with E-state index in [4.69, 9.17) is 21.9 Å².